The van der Waals surface area contributed by atoms with Gasteiger partial charge in [-0.15, -0.1) is 10.2 Å². The van der Waals surface area contributed by atoms with Crippen LogP contribution in [0.25, 0.3) is 11.4 Å². The predicted octanol–water partition coefficient (Wildman–Crippen LogP) is 3.39. The summed E-state index contributed by atoms with van der Waals surface area (Å²) in [6, 6.07) is 7.78. The Morgan fingerprint density at radius 1 is 1.21 bits per heavy atom. The smallest absolute Gasteiger partial charge is 0.233 e. The number of nitrogens with zero attached hydrogens (tertiary/aromatic N) is 3. The van der Waals surface area contributed by atoms with E-state index < -0.39 is 0 Å². The number of benzene rings is 1. The van der Waals surface area contributed by atoms with Crippen molar-refractivity contribution in [3.05, 3.63) is 24.3 Å². The zero-order chi connectivity index (χ0) is 20.4. The van der Waals surface area contributed by atoms with Gasteiger partial charge < -0.3 is 19.4 Å². The van der Waals surface area contributed by atoms with Crippen LogP contribution in [0.5, 0.6) is 5.75 Å². The number of rotatable bonds is 12. The van der Waals surface area contributed by atoms with E-state index in [0.29, 0.717) is 13.2 Å². The molecular formula is C20H30N4O3S. The number of carbonyl (C=O) groups is 1. The summed E-state index contributed by atoms with van der Waals surface area (Å²) in [5, 5.41) is 12.2. The predicted molar refractivity (Wildman–Crippen MR) is 112 cm³/mol. The summed E-state index contributed by atoms with van der Waals surface area (Å²) in [4.78, 5) is 12.3. The lowest BCUT2D eigenvalue weighted by Crippen LogP contribution is -2.32. The molecule has 0 saturated heterocycles. The summed E-state index contributed by atoms with van der Waals surface area (Å²) >= 11 is 1.44. The molecule has 0 bridgehead atoms. The molecule has 1 amide bonds. The van der Waals surface area contributed by atoms with E-state index in [0.717, 1.165) is 48.1 Å². The molecule has 1 aromatic carbocycles. The van der Waals surface area contributed by atoms with E-state index in [1.807, 2.05) is 31.2 Å². The fourth-order valence-corrected chi connectivity index (χ4v) is 3.53. The van der Waals surface area contributed by atoms with Crippen LogP contribution in [-0.4, -0.2) is 53.3 Å². The number of hydrogen-bond donors (Lipinski definition) is 1. The van der Waals surface area contributed by atoms with Crippen molar-refractivity contribution in [2.24, 2.45) is 0 Å². The minimum Gasteiger partial charge on any atom is -0.497 e. The summed E-state index contributed by atoms with van der Waals surface area (Å²) in [6.07, 6.45) is 2.89. The van der Waals surface area contributed by atoms with Gasteiger partial charge >= 0.3 is 0 Å². The average Bonchev–Trinajstić information content (AvgIpc) is 3.11. The highest BCUT2D eigenvalue weighted by Crippen LogP contribution is 2.28. The Morgan fingerprint density at radius 3 is 2.61 bits per heavy atom. The molecule has 8 heteroatoms. The van der Waals surface area contributed by atoms with Crippen molar-refractivity contribution < 1.29 is 14.3 Å². The zero-order valence-electron chi connectivity index (χ0n) is 17.1. The third-order valence-corrected chi connectivity index (χ3v) is 5.36. The zero-order valence-corrected chi connectivity index (χ0v) is 17.9. The quantitative estimate of drug-likeness (QED) is 0.430. The highest BCUT2D eigenvalue weighted by Gasteiger charge is 2.20. The van der Waals surface area contributed by atoms with E-state index in [2.05, 4.69) is 27.0 Å². The second kappa shape index (κ2) is 11.7. The second-order valence-corrected chi connectivity index (χ2v) is 7.75. The number of hydrogen-bond acceptors (Lipinski definition) is 6. The minimum absolute atomic E-state index is 0.00265. The largest absolute Gasteiger partial charge is 0.497 e. The van der Waals surface area contributed by atoms with Gasteiger partial charge in [-0.1, -0.05) is 25.1 Å². The van der Waals surface area contributed by atoms with Crippen molar-refractivity contribution in [1.29, 1.82) is 0 Å². The normalized spacial score (nSPS) is 12.0. The molecule has 1 N–H and O–H groups in total. The SMILES string of the molecule is CCCCn1c(SC(C)C(=O)NCCCOC)nnc1-c1ccc(OC)cc1. The highest BCUT2D eigenvalue weighted by molar-refractivity contribution is 8.00. The molecule has 0 aliphatic carbocycles. The molecule has 2 aromatic rings. The van der Waals surface area contributed by atoms with E-state index in [-0.39, 0.29) is 11.2 Å². The number of amides is 1. The molecule has 0 spiro atoms. The van der Waals surface area contributed by atoms with E-state index in [4.69, 9.17) is 9.47 Å². The number of nitrogens with one attached hydrogen (secondary N) is 1. The molecule has 1 aromatic heterocycles. The van der Waals surface area contributed by atoms with Crippen molar-refractivity contribution in [2.45, 2.75) is 50.1 Å². The number of unbranched alkanes of at least 4 members (excludes halogenated alkanes) is 1. The Labute approximate surface area is 171 Å². The summed E-state index contributed by atoms with van der Waals surface area (Å²) in [6.45, 7) is 6.10. The Bertz CT molecular complexity index is 734. The van der Waals surface area contributed by atoms with Gasteiger partial charge in [0.15, 0.2) is 11.0 Å². The van der Waals surface area contributed by atoms with Crippen LogP contribution in [0.15, 0.2) is 29.4 Å². The van der Waals surface area contributed by atoms with Crippen LogP contribution in [0.1, 0.15) is 33.1 Å². The van der Waals surface area contributed by atoms with E-state index in [9.17, 15) is 4.79 Å². The molecule has 0 radical (unpaired) electrons. The molecule has 7 nitrogen and oxygen atoms in total. The Hall–Kier alpha value is -2.06. The molecule has 1 heterocycles. The van der Waals surface area contributed by atoms with Gasteiger partial charge in [-0.2, -0.15) is 0 Å². The van der Waals surface area contributed by atoms with E-state index in [1.54, 1.807) is 14.2 Å². The van der Waals surface area contributed by atoms with Crippen LogP contribution in [0.4, 0.5) is 0 Å². The molecule has 28 heavy (non-hydrogen) atoms. The summed E-state index contributed by atoms with van der Waals surface area (Å²) in [7, 11) is 3.30. The fourth-order valence-electron chi connectivity index (χ4n) is 2.63. The van der Waals surface area contributed by atoms with Crippen molar-refractivity contribution in [2.75, 3.05) is 27.4 Å². The topological polar surface area (TPSA) is 78.3 Å². The summed E-state index contributed by atoms with van der Waals surface area (Å²) < 4.78 is 12.3. The molecule has 0 aliphatic rings. The van der Waals surface area contributed by atoms with Crippen LogP contribution in [0.3, 0.4) is 0 Å². The maximum Gasteiger partial charge on any atom is 0.233 e. The van der Waals surface area contributed by atoms with Gasteiger partial charge in [0.25, 0.3) is 0 Å². The average molecular weight is 407 g/mol. The molecule has 0 fully saturated rings. The van der Waals surface area contributed by atoms with Gasteiger partial charge in [-0.05, 0) is 44.0 Å². The van der Waals surface area contributed by atoms with E-state index in [1.165, 1.54) is 11.8 Å². The van der Waals surface area contributed by atoms with Crippen molar-refractivity contribution in [3.63, 3.8) is 0 Å². The lowest BCUT2D eigenvalue weighted by molar-refractivity contribution is -0.120. The first kappa shape index (κ1) is 22.2. The first-order valence-electron chi connectivity index (χ1n) is 9.61. The van der Waals surface area contributed by atoms with Crippen LogP contribution in [0, 0.1) is 0 Å². The molecule has 0 saturated carbocycles. The Kier molecular flexibility index (Phi) is 9.30. The number of methoxy groups -OCH3 is 2. The van der Waals surface area contributed by atoms with Gasteiger partial charge in [0.2, 0.25) is 5.91 Å². The minimum atomic E-state index is -0.254. The summed E-state index contributed by atoms with van der Waals surface area (Å²) in [5.41, 5.74) is 0.980. The number of carbonyl (C=O) groups excluding carboxylic acids is 1. The Balaban J connectivity index is 2.12. The van der Waals surface area contributed by atoms with Crippen molar-refractivity contribution in [1.82, 2.24) is 20.1 Å². The molecular weight excluding hydrogens is 376 g/mol. The third kappa shape index (κ3) is 6.24. The van der Waals surface area contributed by atoms with Gasteiger partial charge in [-0.25, -0.2) is 0 Å². The third-order valence-electron chi connectivity index (χ3n) is 4.28. The van der Waals surface area contributed by atoms with Gasteiger partial charge in [0.1, 0.15) is 5.75 Å². The standard InChI is InChI=1S/C20H30N4O3S/c1-5-6-13-24-18(16-8-10-17(27-4)11-9-16)22-23-20(24)28-15(2)19(25)21-12-7-14-26-3/h8-11,15H,5-7,12-14H2,1-4H3,(H,21,25). The van der Waals surface area contributed by atoms with E-state index >= 15 is 0 Å². The first-order valence-corrected chi connectivity index (χ1v) is 10.5. The maximum atomic E-state index is 12.3. The number of thioether (sulfide) groups is 1. The van der Waals surface area contributed by atoms with Gasteiger partial charge in [-0.3, -0.25) is 4.79 Å². The van der Waals surface area contributed by atoms with Crippen LogP contribution in [-0.2, 0) is 16.1 Å². The fraction of sp³-hybridized carbons (Fsp3) is 0.550. The molecule has 154 valence electrons. The monoisotopic (exact) mass is 406 g/mol. The Morgan fingerprint density at radius 2 is 1.96 bits per heavy atom. The van der Waals surface area contributed by atoms with Crippen molar-refractivity contribution >= 4 is 17.7 Å². The lowest BCUT2D eigenvalue weighted by atomic mass is 10.2. The van der Waals surface area contributed by atoms with Crippen LogP contribution in [0.2, 0.25) is 0 Å². The second-order valence-electron chi connectivity index (χ2n) is 6.44. The van der Waals surface area contributed by atoms with Gasteiger partial charge in [0.05, 0.1) is 12.4 Å². The van der Waals surface area contributed by atoms with Crippen LogP contribution < -0.4 is 10.1 Å². The number of aromatic nitrogens is 3. The van der Waals surface area contributed by atoms with Gasteiger partial charge in [0, 0.05) is 32.4 Å². The number of ether oxygens (including phenoxy) is 2. The lowest BCUT2D eigenvalue weighted by Gasteiger charge is -2.14. The van der Waals surface area contributed by atoms with Crippen LogP contribution >= 0.6 is 11.8 Å². The molecule has 0 aliphatic heterocycles. The first-order chi connectivity index (χ1) is 13.6. The maximum absolute atomic E-state index is 12.3. The highest BCUT2D eigenvalue weighted by atomic mass is 32.2. The molecule has 1 unspecified atom stereocenters. The molecule has 1 atom stereocenters. The van der Waals surface area contributed by atoms with Crippen molar-refractivity contribution in [3.8, 4) is 17.1 Å². The summed E-state index contributed by atoms with van der Waals surface area (Å²) in [5.74, 6) is 1.61. The molecule has 2 rings (SSSR count).